The van der Waals surface area contributed by atoms with Gasteiger partial charge >= 0.3 is 0 Å². The van der Waals surface area contributed by atoms with E-state index >= 15 is 0 Å². The van der Waals surface area contributed by atoms with Crippen LogP contribution in [-0.2, 0) is 4.79 Å². The number of rotatable bonds is 6. The van der Waals surface area contributed by atoms with Gasteiger partial charge in [-0.15, -0.1) is 0 Å². The molecule has 1 N–H and O–H groups in total. The van der Waals surface area contributed by atoms with Gasteiger partial charge in [0.05, 0.1) is 10.6 Å². The number of Topliss-reactive ketones (excluding diaryl/α,β-unsaturated/α-hetero) is 2. The maximum atomic E-state index is 12.0. The minimum atomic E-state index is -0.309. The van der Waals surface area contributed by atoms with Crippen molar-refractivity contribution in [3.8, 4) is 0 Å². The molecule has 1 heterocycles. The van der Waals surface area contributed by atoms with Crippen LogP contribution in [0.1, 0.15) is 45.5 Å². The fourth-order valence-corrected chi connectivity index (χ4v) is 2.97. The number of halogens is 1. The summed E-state index contributed by atoms with van der Waals surface area (Å²) in [6, 6.07) is 6.53. The van der Waals surface area contributed by atoms with Crippen LogP contribution in [0.4, 0.5) is 5.13 Å². The molecule has 5 nitrogen and oxygen atoms in total. The van der Waals surface area contributed by atoms with Crippen LogP contribution in [0.2, 0.25) is 5.02 Å². The first-order valence-corrected chi connectivity index (χ1v) is 8.13. The van der Waals surface area contributed by atoms with E-state index in [0.29, 0.717) is 26.3 Å². The van der Waals surface area contributed by atoms with Gasteiger partial charge in [-0.25, -0.2) is 4.98 Å². The van der Waals surface area contributed by atoms with Crippen molar-refractivity contribution in [2.75, 3.05) is 5.32 Å². The summed E-state index contributed by atoms with van der Waals surface area (Å²) >= 11 is 6.90. The van der Waals surface area contributed by atoms with Gasteiger partial charge in [0.1, 0.15) is 0 Å². The summed E-state index contributed by atoms with van der Waals surface area (Å²) in [6.07, 6.45) is 0.146. The number of carbonyl (C=O) groups excluding carboxylic acids is 3. The fraction of sp³-hybridized carbons (Fsp3) is 0.250. The van der Waals surface area contributed by atoms with Gasteiger partial charge in [-0.05, 0) is 31.2 Å². The molecular formula is C16H15ClN2O3S. The number of carbonyl (C=O) groups is 3. The van der Waals surface area contributed by atoms with E-state index < -0.39 is 0 Å². The molecule has 0 atom stereocenters. The average molecular weight is 351 g/mol. The lowest BCUT2D eigenvalue weighted by Crippen LogP contribution is -2.13. The van der Waals surface area contributed by atoms with Gasteiger partial charge < -0.3 is 5.32 Å². The summed E-state index contributed by atoms with van der Waals surface area (Å²) < 4.78 is 0. The Morgan fingerprint density at radius 1 is 1.17 bits per heavy atom. The number of nitrogens with zero attached hydrogens (tertiary/aromatic N) is 1. The third-order valence-corrected chi connectivity index (χ3v) is 4.53. The number of aryl methyl sites for hydroxylation is 1. The number of anilines is 1. The van der Waals surface area contributed by atoms with E-state index in [-0.39, 0.29) is 30.3 Å². The zero-order valence-electron chi connectivity index (χ0n) is 12.7. The Morgan fingerprint density at radius 3 is 2.39 bits per heavy atom. The van der Waals surface area contributed by atoms with Crippen molar-refractivity contribution in [1.82, 2.24) is 4.98 Å². The summed E-state index contributed by atoms with van der Waals surface area (Å²) in [5.74, 6) is -0.522. The Bertz CT molecular complexity index is 753. The van der Waals surface area contributed by atoms with Crippen molar-refractivity contribution in [2.45, 2.75) is 26.7 Å². The summed E-state index contributed by atoms with van der Waals surface area (Å²) in [5.41, 5.74) is 1.11. The summed E-state index contributed by atoms with van der Waals surface area (Å²) in [4.78, 5) is 39.9. The Morgan fingerprint density at radius 2 is 1.83 bits per heavy atom. The quantitative estimate of drug-likeness (QED) is 0.801. The molecule has 2 aromatic rings. The zero-order chi connectivity index (χ0) is 17.0. The summed E-state index contributed by atoms with van der Waals surface area (Å²) in [6.45, 7) is 3.17. The standard InChI is InChI=1S/C16H15ClN2O3S/c1-9-15(10(2)20)23-16(18-9)19-14(22)8-7-13(21)11-3-5-12(17)6-4-11/h3-6H,7-8H2,1-2H3,(H,18,19,22). The van der Waals surface area contributed by atoms with Crippen LogP contribution in [0.3, 0.4) is 0 Å². The molecule has 0 spiro atoms. The number of hydrogen-bond acceptors (Lipinski definition) is 5. The first kappa shape index (κ1) is 17.3. The second-order valence-electron chi connectivity index (χ2n) is 4.97. The Labute approximate surface area is 142 Å². The van der Waals surface area contributed by atoms with E-state index in [4.69, 9.17) is 11.6 Å². The molecule has 1 aromatic heterocycles. The number of benzene rings is 1. The average Bonchev–Trinajstić information content (AvgIpc) is 2.86. The molecule has 0 saturated heterocycles. The molecule has 0 bridgehead atoms. The predicted octanol–water partition coefficient (Wildman–Crippen LogP) is 3.91. The maximum Gasteiger partial charge on any atom is 0.226 e. The maximum absolute atomic E-state index is 12.0. The highest BCUT2D eigenvalue weighted by molar-refractivity contribution is 7.17. The van der Waals surface area contributed by atoms with E-state index in [1.54, 1.807) is 31.2 Å². The molecule has 0 aliphatic rings. The minimum absolute atomic E-state index is 0.0511. The van der Waals surface area contributed by atoms with Crippen molar-refractivity contribution in [1.29, 1.82) is 0 Å². The highest BCUT2D eigenvalue weighted by Gasteiger charge is 2.14. The highest BCUT2D eigenvalue weighted by Crippen LogP contribution is 2.23. The molecule has 23 heavy (non-hydrogen) atoms. The van der Waals surface area contributed by atoms with Gasteiger partial charge in [-0.1, -0.05) is 22.9 Å². The first-order chi connectivity index (χ1) is 10.9. The van der Waals surface area contributed by atoms with E-state index in [1.807, 2.05) is 0 Å². The second-order valence-corrected chi connectivity index (χ2v) is 6.40. The number of thiazole rings is 1. The van der Waals surface area contributed by atoms with E-state index in [0.717, 1.165) is 11.3 Å². The molecule has 1 aromatic carbocycles. The summed E-state index contributed by atoms with van der Waals surface area (Å²) in [7, 11) is 0. The monoisotopic (exact) mass is 350 g/mol. The molecule has 0 aliphatic heterocycles. The third-order valence-electron chi connectivity index (χ3n) is 3.11. The largest absolute Gasteiger partial charge is 0.302 e. The molecule has 1 amide bonds. The van der Waals surface area contributed by atoms with Gasteiger partial charge in [-0.2, -0.15) is 0 Å². The molecule has 0 radical (unpaired) electrons. The van der Waals surface area contributed by atoms with Crippen molar-refractivity contribution in [3.63, 3.8) is 0 Å². The minimum Gasteiger partial charge on any atom is -0.302 e. The van der Waals surface area contributed by atoms with Crippen LogP contribution < -0.4 is 5.32 Å². The smallest absolute Gasteiger partial charge is 0.226 e. The molecule has 0 fully saturated rings. The van der Waals surface area contributed by atoms with Gasteiger partial charge in [0.2, 0.25) is 5.91 Å². The SMILES string of the molecule is CC(=O)c1sc(NC(=O)CCC(=O)c2ccc(Cl)cc2)nc1C. The van der Waals surface area contributed by atoms with Gasteiger partial charge in [0, 0.05) is 30.4 Å². The van der Waals surface area contributed by atoms with Crippen molar-refractivity contribution in [2.24, 2.45) is 0 Å². The number of hydrogen-bond donors (Lipinski definition) is 1. The lowest BCUT2D eigenvalue weighted by atomic mass is 10.1. The molecular weight excluding hydrogens is 336 g/mol. The molecule has 7 heteroatoms. The van der Waals surface area contributed by atoms with Gasteiger partial charge in [0.25, 0.3) is 0 Å². The first-order valence-electron chi connectivity index (χ1n) is 6.94. The fourth-order valence-electron chi connectivity index (χ4n) is 1.97. The van der Waals surface area contributed by atoms with Crippen LogP contribution >= 0.6 is 22.9 Å². The number of amides is 1. The van der Waals surface area contributed by atoms with Gasteiger partial charge in [-0.3, -0.25) is 14.4 Å². The lowest BCUT2D eigenvalue weighted by Gasteiger charge is -2.02. The Kier molecular flexibility index (Phi) is 5.63. The third kappa shape index (κ3) is 4.71. The Balaban J connectivity index is 1.90. The molecule has 120 valence electrons. The molecule has 0 aliphatic carbocycles. The highest BCUT2D eigenvalue weighted by atomic mass is 35.5. The topological polar surface area (TPSA) is 76.1 Å². The van der Waals surface area contributed by atoms with E-state index in [2.05, 4.69) is 10.3 Å². The Hall–Kier alpha value is -2.05. The van der Waals surface area contributed by atoms with Crippen molar-refractivity contribution in [3.05, 3.63) is 45.4 Å². The van der Waals surface area contributed by atoms with Crippen LogP contribution in [0.15, 0.2) is 24.3 Å². The predicted molar refractivity (Wildman–Crippen MR) is 90.5 cm³/mol. The lowest BCUT2D eigenvalue weighted by molar-refractivity contribution is -0.116. The molecule has 0 saturated carbocycles. The van der Waals surface area contributed by atoms with Crippen LogP contribution in [0, 0.1) is 6.92 Å². The molecule has 0 unspecified atom stereocenters. The van der Waals surface area contributed by atoms with E-state index in [1.165, 1.54) is 6.92 Å². The van der Waals surface area contributed by atoms with Crippen LogP contribution in [0.5, 0.6) is 0 Å². The number of ketones is 2. The van der Waals surface area contributed by atoms with Crippen molar-refractivity contribution >= 4 is 45.5 Å². The number of aromatic nitrogens is 1. The van der Waals surface area contributed by atoms with E-state index in [9.17, 15) is 14.4 Å². The summed E-state index contributed by atoms with van der Waals surface area (Å²) in [5, 5.41) is 3.54. The number of nitrogens with one attached hydrogen (secondary N) is 1. The van der Waals surface area contributed by atoms with Crippen LogP contribution in [-0.4, -0.2) is 22.5 Å². The molecule has 2 rings (SSSR count). The van der Waals surface area contributed by atoms with Crippen molar-refractivity contribution < 1.29 is 14.4 Å². The van der Waals surface area contributed by atoms with Crippen LogP contribution in [0.25, 0.3) is 0 Å². The van der Waals surface area contributed by atoms with Gasteiger partial charge in [0.15, 0.2) is 16.7 Å². The second kappa shape index (κ2) is 7.48. The zero-order valence-corrected chi connectivity index (χ0v) is 14.3. The normalized spacial score (nSPS) is 10.4.